The average Bonchev–Trinajstić information content (AvgIpc) is 2.59. The second kappa shape index (κ2) is 29.9. The number of carboxylic acids is 1. The number of unbranched alkanes of at least 4 members (excludes halogenated alkanes) is 15. The van der Waals surface area contributed by atoms with E-state index in [2.05, 4.69) is 13.8 Å². The molecule has 0 saturated heterocycles. The Morgan fingerprint density at radius 1 is 0.615 bits per heavy atom. The number of hydrogen-bond acceptors (Lipinski definition) is 2. The summed E-state index contributed by atoms with van der Waals surface area (Å²) in [6, 6.07) is 0. The van der Waals surface area contributed by atoms with Crippen LogP contribution in [0.3, 0.4) is 0 Å². The summed E-state index contributed by atoms with van der Waals surface area (Å²) in [4.78, 5) is 9.87. The summed E-state index contributed by atoms with van der Waals surface area (Å²) in [6.07, 6.45) is 23.2. The molecule has 163 valence electrons. The number of aliphatic carboxylic acids is 1. The van der Waals surface area contributed by atoms with E-state index >= 15 is 0 Å². The smallest absolute Gasteiger partial charge is 0.303 e. The van der Waals surface area contributed by atoms with Crippen LogP contribution in [0.4, 0.5) is 0 Å². The molecule has 0 saturated carbocycles. The molecule has 26 heavy (non-hydrogen) atoms. The van der Waals surface area contributed by atoms with Gasteiger partial charge >= 0.3 is 5.97 Å². The van der Waals surface area contributed by atoms with E-state index in [1.54, 1.807) is 0 Å². The third kappa shape index (κ3) is 35.3. The second-order valence-electron chi connectivity index (χ2n) is 7.24. The fourth-order valence-electron chi connectivity index (χ4n) is 2.87. The van der Waals surface area contributed by atoms with E-state index in [0.29, 0.717) is 6.42 Å². The Bertz CT molecular complexity index is 236. The van der Waals surface area contributed by atoms with Gasteiger partial charge in [-0.2, -0.15) is 0 Å². The predicted octanol–water partition coefficient (Wildman–Crippen LogP) is 7.08. The molecule has 0 aliphatic heterocycles. The quantitative estimate of drug-likeness (QED) is 0.168. The Kier molecular flexibility index (Phi) is 35.5. The number of nitrogens with two attached hydrogens (primary N) is 1. The van der Waals surface area contributed by atoms with Gasteiger partial charge in [-0.1, -0.05) is 110 Å². The first-order valence-electron chi connectivity index (χ1n) is 11.1. The largest absolute Gasteiger partial charge is 0.481 e. The van der Waals surface area contributed by atoms with Gasteiger partial charge in [0.1, 0.15) is 0 Å². The topological polar surface area (TPSA) is 63.3 Å². The third-order valence-corrected chi connectivity index (χ3v) is 4.55. The van der Waals surface area contributed by atoms with Crippen LogP contribution in [0.25, 0.3) is 0 Å². The van der Waals surface area contributed by atoms with Gasteiger partial charge in [-0.05, 0) is 19.4 Å². The standard InChI is InChI=1S/C16H35N.C6H12O2.Ag/c1-2-3-4-5-6-7-8-9-10-11-12-13-14-15-16-17;1-2-3-4-5-6(7)8;/h2-17H2,1H3;2-5H2,1H3,(H,7,8);. The summed E-state index contributed by atoms with van der Waals surface area (Å²) in [7, 11) is 0. The third-order valence-electron chi connectivity index (χ3n) is 4.55. The van der Waals surface area contributed by atoms with Gasteiger partial charge in [-0.25, -0.2) is 0 Å². The van der Waals surface area contributed by atoms with Gasteiger partial charge in [0.2, 0.25) is 0 Å². The van der Waals surface area contributed by atoms with Crippen molar-refractivity contribution in [3.05, 3.63) is 0 Å². The van der Waals surface area contributed by atoms with Crippen molar-refractivity contribution in [1.29, 1.82) is 0 Å². The zero-order valence-electron chi connectivity index (χ0n) is 17.7. The molecular weight excluding hydrogens is 418 g/mol. The minimum atomic E-state index is -0.682. The predicted molar refractivity (Wildman–Crippen MR) is 111 cm³/mol. The van der Waals surface area contributed by atoms with E-state index in [1.807, 2.05) is 0 Å². The fraction of sp³-hybridized carbons (Fsp3) is 0.955. The molecule has 1 radical (unpaired) electrons. The molecular formula is C22H47AgNO2. The van der Waals surface area contributed by atoms with Crippen molar-refractivity contribution >= 4 is 5.97 Å². The van der Waals surface area contributed by atoms with Gasteiger partial charge in [0.25, 0.3) is 0 Å². The maximum Gasteiger partial charge on any atom is 0.303 e. The van der Waals surface area contributed by atoms with Crippen molar-refractivity contribution in [3.63, 3.8) is 0 Å². The van der Waals surface area contributed by atoms with Crippen molar-refractivity contribution < 1.29 is 32.3 Å². The molecule has 0 aromatic heterocycles. The van der Waals surface area contributed by atoms with Gasteiger partial charge < -0.3 is 10.8 Å². The molecule has 3 nitrogen and oxygen atoms in total. The molecule has 0 atom stereocenters. The minimum Gasteiger partial charge on any atom is -0.481 e. The Balaban J connectivity index is -0.000000498. The van der Waals surface area contributed by atoms with E-state index < -0.39 is 5.97 Å². The first kappa shape index (κ1) is 30.9. The maximum atomic E-state index is 9.87. The van der Waals surface area contributed by atoms with Crippen LogP contribution in [0, 0.1) is 0 Å². The molecule has 0 fully saturated rings. The number of rotatable bonds is 18. The van der Waals surface area contributed by atoms with Crippen LogP contribution >= 0.6 is 0 Å². The number of carbonyl (C=O) groups is 1. The summed E-state index contributed by atoms with van der Waals surface area (Å²) in [5.74, 6) is -0.682. The van der Waals surface area contributed by atoms with Crippen molar-refractivity contribution in [2.75, 3.05) is 6.54 Å². The van der Waals surface area contributed by atoms with Crippen molar-refractivity contribution in [3.8, 4) is 0 Å². The second-order valence-corrected chi connectivity index (χ2v) is 7.24. The number of carboxylic acid groups (broad SMARTS) is 1. The Hall–Kier alpha value is 0.170. The molecule has 0 amide bonds. The molecule has 0 spiro atoms. The summed E-state index contributed by atoms with van der Waals surface area (Å²) in [5, 5.41) is 8.14. The monoisotopic (exact) mass is 464 g/mol. The van der Waals surface area contributed by atoms with Crippen molar-refractivity contribution in [2.24, 2.45) is 5.73 Å². The Labute approximate surface area is 179 Å². The Morgan fingerprint density at radius 3 is 1.23 bits per heavy atom. The van der Waals surface area contributed by atoms with Crippen LogP contribution < -0.4 is 5.73 Å². The normalized spacial score (nSPS) is 9.96. The molecule has 3 N–H and O–H groups in total. The van der Waals surface area contributed by atoms with Gasteiger partial charge in [-0.3, -0.25) is 4.79 Å². The summed E-state index contributed by atoms with van der Waals surface area (Å²) in [6.45, 7) is 5.22. The molecule has 0 heterocycles. The molecule has 0 aliphatic rings. The fourth-order valence-corrected chi connectivity index (χ4v) is 2.87. The van der Waals surface area contributed by atoms with E-state index in [4.69, 9.17) is 10.8 Å². The number of hydrogen-bond donors (Lipinski definition) is 2. The molecule has 4 heteroatoms. The maximum absolute atomic E-state index is 9.87. The first-order valence-corrected chi connectivity index (χ1v) is 11.1. The van der Waals surface area contributed by atoms with E-state index in [1.165, 1.54) is 89.9 Å². The Morgan fingerprint density at radius 2 is 0.923 bits per heavy atom. The van der Waals surface area contributed by atoms with Crippen LogP contribution in [-0.4, -0.2) is 17.6 Å². The summed E-state index contributed by atoms with van der Waals surface area (Å²) in [5.41, 5.74) is 5.47. The van der Waals surface area contributed by atoms with Gasteiger partial charge in [0.05, 0.1) is 0 Å². The van der Waals surface area contributed by atoms with Crippen LogP contribution in [-0.2, 0) is 27.2 Å². The van der Waals surface area contributed by atoms with Crippen LogP contribution in [0.5, 0.6) is 0 Å². The molecule has 0 aliphatic carbocycles. The van der Waals surface area contributed by atoms with Crippen LogP contribution in [0.2, 0.25) is 0 Å². The summed E-state index contributed by atoms with van der Waals surface area (Å²) >= 11 is 0. The minimum absolute atomic E-state index is 0. The molecule has 0 unspecified atom stereocenters. The van der Waals surface area contributed by atoms with Gasteiger partial charge in [0.15, 0.2) is 0 Å². The van der Waals surface area contributed by atoms with E-state index in [-0.39, 0.29) is 22.4 Å². The van der Waals surface area contributed by atoms with E-state index in [9.17, 15) is 4.79 Å². The zero-order valence-corrected chi connectivity index (χ0v) is 19.2. The zero-order chi connectivity index (χ0) is 19.0. The van der Waals surface area contributed by atoms with Crippen LogP contribution in [0.15, 0.2) is 0 Å². The van der Waals surface area contributed by atoms with Crippen molar-refractivity contribution in [2.45, 2.75) is 129 Å². The van der Waals surface area contributed by atoms with Gasteiger partial charge in [-0.15, -0.1) is 0 Å². The van der Waals surface area contributed by atoms with Gasteiger partial charge in [0, 0.05) is 28.8 Å². The summed E-state index contributed by atoms with van der Waals surface area (Å²) < 4.78 is 0. The SMILES string of the molecule is CCCCCC(=O)O.CCCCCCCCCCCCCCCCN.[Ag]. The first-order chi connectivity index (χ1) is 12.2. The van der Waals surface area contributed by atoms with Crippen molar-refractivity contribution in [1.82, 2.24) is 0 Å². The molecule has 0 rings (SSSR count). The molecule has 0 bridgehead atoms. The molecule has 0 aromatic carbocycles. The average molecular weight is 465 g/mol. The van der Waals surface area contributed by atoms with Crippen LogP contribution in [0.1, 0.15) is 129 Å². The van der Waals surface area contributed by atoms with E-state index in [0.717, 1.165) is 25.8 Å². The molecule has 0 aromatic rings.